The van der Waals surface area contributed by atoms with E-state index < -0.39 is 0 Å². The van der Waals surface area contributed by atoms with E-state index in [0.29, 0.717) is 24.4 Å². The van der Waals surface area contributed by atoms with Crippen molar-refractivity contribution in [2.75, 3.05) is 19.7 Å². The molecular formula is C29H39N3O3. The maximum absolute atomic E-state index is 13.3. The van der Waals surface area contributed by atoms with E-state index in [9.17, 15) is 9.59 Å². The fraction of sp³-hybridized carbons (Fsp3) is 0.655. The van der Waals surface area contributed by atoms with Crippen LogP contribution < -0.4 is 15.4 Å². The topological polar surface area (TPSA) is 70.7 Å². The summed E-state index contributed by atoms with van der Waals surface area (Å²) in [6, 6.07) is 8.46. The number of para-hydroxylation sites is 1. The third-order valence-electron chi connectivity index (χ3n) is 9.35. The molecule has 5 fully saturated rings. The standard InChI is InChI=1S/C29H39N3O3/c33-27(31-29-22-13-19-12-20(15-22)16-23(29)14-19)17-32-11-5-8-24-25(32)9-3-1-6-21-7-2-4-10-26(21)35-18-28(34)30-24/h1-4,7,10,19-20,22-25,29H,5-6,8-9,11-18H2,(H,30,34)(H,31,33)/b3-1+/t19?,20?,22?,23?,24-,25-,29?/m1/s1. The van der Waals surface area contributed by atoms with Crippen molar-refractivity contribution >= 4 is 11.8 Å². The number of hydrogen-bond acceptors (Lipinski definition) is 4. The van der Waals surface area contributed by atoms with E-state index in [1.807, 2.05) is 24.3 Å². The van der Waals surface area contributed by atoms with E-state index in [1.165, 1.54) is 32.1 Å². The van der Waals surface area contributed by atoms with Gasteiger partial charge in [-0.25, -0.2) is 0 Å². The maximum atomic E-state index is 13.3. The summed E-state index contributed by atoms with van der Waals surface area (Å²) in [5.74, 6) is 4.07. The third kappa shape index (κ3) is 5.00. The highest BCUT2D eigenvalue weighted by Crippen LogP contribution is 2.53. The van der Waals surface area contributed by atoms with Crippen LogP contribution in [0.5, 0.6) is 5.75 Å². The van der Waals surface area contributed by atoms with E-state index in [-0.39, 0.29) is 30.5 Å². The SMILES string of the molecule is O=C(CN1CCC[C@H]2NC(=O)COc3ccccc3C/C=C/C[C@H]21)NC1C2CC3CC(C2)CC1C3. The molecule has 0 aromatic heterocycles. The van der Waals surface area contributed by atoms with Crippen LogP contribution in [-0.2, 0) is 16.0 Å². The van der Waals surface area contributed by atoms with E-state index in [2.05, 4.69) is 27.7 Å². The predicted octanol–water partition coefficient (Wildman–Crippen LogP) is 3.46. The quantitative estimate of drug-likeness (QED) is 0.654. The molecule has 7 rings (SSSR count). The minimum atomic E-state index is -0.0840. The molecule has 0 spiro atoms. The van der Waals surface area contributed by atoms with Crippen LogP contribution in [0.1, 0.15) is 56.9 Å². The van der Waals surface area contributed by atoms with Gasteiger partial charge in [0.25, 0.3) is 5.91 Å². The average molecular weight is 478 g/mol. The van der Waals surface area contributed by atoms with Crippen LogP contribution in [0.4, 0.5) is 0 Å². The van der Waals surface area contributed by atoms with Crippen LogP contribution >= 0.6 is 0 Å². The normalized spacial score (nSPS) is 37.6. The van der Waals surface area contributed by atoms with Crippen LogP contribution in [0.15, 0.2) is 36.4 Å². The van der Waals surface area contributed by atoms with Crippen LogP contribution in [0.3, 0.4) is 0 Å². The van der Waals surface area contributed by atoms with E-state index in [0.717, 1.165) is 55.4 Å². The van der Waals surface area contributed by atoms with Gasteiger partial charge in [0.15, 0.2) is 6.61 Å². The lowest BCUT2D eigenvalue weighted by Crippen LogP contribution is -2.60. The van der Waals surface area contributed by atoms with Gasteiger partial charge in [-0.1, -0.05) is 30.4 Å². The monoisotopic (exact) mass is 477 g/mol. The number of rotatable bonds is 3. The lowest BCUT2D eigenvalue weighted by atomic mass is 9.54. The molecule has 0 unspecified atom stereocenters. The number of ether oxygens (including phenoxy) is 1. The van der Waals surface area contributed by atoms with Crippen molar-refractivity contribution in [3.63, 3.8) is 0 Å². The highest BCUT2D eigenvalue weighted by molar-refractivity contribution is 5.79. The Bertz CT molecular complexity index is 948. The molecule has 188 valence electrons. The molecule has 4 saturated carbocycles. The fourth-order valence-electron chi connectivity index (χ4n) is 8.03. The number of benzene rings is 1. The molecule has 1 saturated heterocycles. The van der Waals surface area contributed by atoms with E-state index in [4.69, 9.17) is 4.74 Å². The minimum absolute atomic E-state index is 0.0247. The van der Waals surface area contributed by atoms with Crippen molar-refractivity contribution in [1.29, 1.82) is 0 Å². The molecule has 2 N–H and O–H groups in total. The summed E-state index contributed by atoms with van der Waals surface area (Å²) >= 11 is 0. The molecule has 4 aliphatic carbocycles. The molecule has 1 aromatic carbocycles. The lowest BCUT2D eigenvalue weighted by molar-refractivity contribution is -0.127. The highest BCUT2D eigenvalue weighted by atomic mass is 16.5. The molecule has 0 radical (unpaired) electrons. The second-order valence-corrected chi connectivity index (χ2v) is 11.7. The van der Waals surface area contributed by atoms with E-state index in [1.54, 1.807) is 0 Å². The molecule has 2 heterocycles. The zero-order chi connectivity index (χ0) is 23.8. The summed E-state index contributed by atoms with van der Waals surface area (Å²) in [6.07, 6.45) is 14.6. The second kappa shape index (κ2) is 9.96. The van der Waals surface area contributed by atoms with Gasteiger partial charge in [-0.2, -0.15) is 0 Å². The Kier molecular flexibility index (Phi) is 6.57. The smallest absolute Gasteiger partial charge is 0.258 e. The van der Waals surface area contributed by atoms with Gasteiger partial charge in [0.05, 0.1) is 6.54 Å². The van der Waals surface area contributed by atoms with Crippen LogP contribution in [0, 0.1) is 23.7 Å². The Morgan fingerprint density at radius 3 is 2.63 bits per heavy atom. The molecule has 2 aliphatic heterocycles. The summed E-state index contributed by atoms with van der Waals surface area (Å²) in [6.45, 7) is 1.35. The van der Waals surface area contributed by atoms with Gasteiger partial charge in [0.2, 0.25) is 5.91 Å². The van der Waals surface area contributed by atoms with Crippen molar-refractivity contribution in [2.24, 2.45) is 23.7 Å². The first-order valence-electron chi connectivity index (χ1n) is 13.8. The van der Waals surface area contributed by atoms with Crippen molar-refractivity contribution in [3.05, 3.63) is 42.0 Å². The van der Waals surface area contributed by atoms with Gasteiger partial charge in [-0.3, -0.25) is 14.5 Å². The van der Waals surface area contributed by atoms with Gasteiger partial charge >= 0.3 is 0 Å². The van der Waals surface area contributed by atoms with Gasteiger partial charge in [0, 0.05) is 18.1 Å². The summed E-state index contributed by atoms with van der Waals surface area (Å²) in [7, 11) is 0. The van der Waals surface area contributed by atoms with Gasteiger partial charge in [-0.15, -0.1) is 0 Å². The highest BCUT2D eigenvalue weighted by Gasteiger charge is 2.48. The Morgan fingerprint density at radius 2 is 1.83 bits per heavy atom. The molecule has 2 atom stereocenters. The maximum Gasteiger partial charge on any atom is 0.258 e. The van der Waals surface area contributed by atoms with Gasteiger partial charge in [-0.05, 0) is 99.6 Å². The zero-order valence-corrected chi connectivity index (χ0v) is 20.7. The Labute approximate surface area is 208 Å². The first kappa shape index (κ1) is 23.1. The number of nitrogens with zero attached hydrogens (tertiary/aromatic N) is 1. The number of nitrogens with one attached hydrogen (secondary N) is 2. The second-order valence-electron chi connectivity index (χ2n) is 11.7. The summed E-state index contributed by atoms with van der Waals surface area (Å²) < 4.78 is 5.85. The predicted molar refractivity (Wildman–Crippen MR) is 135 cm³/mol. The van der Waals surface area contributed by atoms with Crippen LogP contribution in [0.2, 0.25) is 0 Å². The Morgan fingerprint density at radius 1 is 1.06 bits per heavy atom. The van der Waals surface area contributed by atoms with Crippen LogP contribution in [0.25, 0.3) is 0 Å². The largest absolute Gasteiger partial charge is 0.483 e. The number of piperidine rings is 1. The molecule has 2 amide bonds. The number of fused-ring (bicyclic) bond motifs is 2. The fourth-order valence-corrected chi connectivity index (χ4v) is 8.03. The number of carbonyl (C=O) groups is 2. The molecular weight excluding hydrogens is 438 g/mol. The summed E-state index contributed by atoms with van der Waals surface area (Å²) in [5, 5.41) is 6.71. The number of amides is 2. The lowest BCUT2D eigenvalue weighted by Gasteiger charge is -2.54. The Balaban J connectivity index is 1.13. The summed E-state index contributed by atoms with van der Waals surface area (Å²) in [5.41, 5.74) is 1.09. The zero-order valence-electron chi connectivity index (χ0n) is 20.7. The molecule has 6 aliphatic rings. The third-order valence-corrected chi connectivity index (χ3v) is 9.35. The summed E-state index contributed by atoms with van der Waals surface area (Å²) in [4.78, 5) is 28.3. The first-order valence-corrected chi connectivity index (χ1v) is 13.8. The molecule has 6 heteroatoms. The van der Waals surface area contributed by atoms with E-state index >= 15 is 0 Å². The molecule has 4 bridgehead atoms. The number of likely N-dealkylation sites (tertiary alicyclic amines) is 1. The molecule has 1 aromatic rings. The van der Waals surface area contributed by atoms with Crippen molar-refractivity contribution in [1.82, 2.24) is 15.5 Å². The van der Waals surface area contributed by atoms with Crippen LogP contribution in [-0.4, -0.2) is 54.5 Å². The van der Waals surface area contributed by atoms with Crippen molar-refractivity contribution in [2.45, 2.75) is 75.9 Å². The Hall–Kier alpha value is -2.34. The number of carbonyl (C=O) groups excluding carboxylic acids is 2. The van der Waals surface area contributed by atoms with Gasteiger partial charge in [0.1, 0.15) is 5.75 Å². The van der Waals surface area contributed by atoms with Gasteiger partial charge < -0.3 is 15.4 Å². The van der Waals surface area contributed by atoms with Crippen molar-refractivity contribution in [3.8, 4) is 5.75 Å². The number of allylic oxidation sites excluding steroid dienone is 1. The van der Waals surface area contributed by atoms with Crippen molar-refractivity contribution < 1.29 is 14.3 Å². The minimum Gasteiger partial charge on any atom is -0.483 e. The average Bonchev–Trinajstić information content (AvgIpc) is 2.83. The molecule has 6 nitrogen and oxygen atoms in total. The first-order chi connectivity index (χ1) is 17.1. The number of hydrogen-bond donors (Lipinski definition) is 2. The molecule has 35 heavy (non-hydrogen) atoms.